The molecule has 2 amide bonds. The topological polar surface area (TPSA) is 53.1 Å². The van der Waals surface area contributed by atoms with Crippen molar-refractivity contribution in [1.29, 1.82) is 0 Å². The Kier molecular flexibility index (Phi) is 5.76. The number of hydrogen-bond donors (Lipinski definition) is 0. The van der Waals surface area contributed by atoms with Gasteiger partial charge in [-0.25, -0.2) is 4.39 Å². The van der Waals surface area contributed by atoms with Crippen LogP contribution in [-0.2, 0) is 9.59 Å². The summed E-state index contributed by atoms with van der Waals surface area (Å²) in [5.41, 5.74) is 0.732. The maximum Gasteiger partial charge on any atom is 0.229 e. The maximum absolute atomic E-state index is 13.7. The van der Waals surface area contributed by atoms with Crippen LogP contribution < -0.4 is 9.64 Å². The first-order valence-electron chi connectivity index (χ1n) is 10.6. The molecule has 0 atom stereocenters. The third-order valence-electron chi connectivity index (χ3n) is 6.81. The molecule has 1 aromatic rings. The van der Waals surface area contributed by atoms with Crippen molar-refractivity contribution in [2.75, 3.05) is 51.3 Å². The first-order chi connectivity index (χ1) is 14.0. The fraction of sp³-hybridized carbons (Fsp3) is 0.636. The van der Waals surface area contributed by atoms with Crippen LogP contribution >= 0.6 is 0 Å². The third kappa shape index (κ3) is 4.25. The summed E-state index contributed by atoms with van der Waals surface area (Å²) in [5.74, 6) is 0.410. The molecule has 4 rings (SSSR count). The zero-order chi connectivity index (χ0) is 20.4. The van der Waals surface area contributed by atoms with Crippen LogP contribution in [0.4, 0.5) is 10.1 Å². The van der Waals surface area contributed by atoms with Crippen LogP contribution in [0.5, 0.6) is 5.75 Å². The number of carbonyl (C=O) groups excluding carboxylic acids is 2. The summed E-state index contributed by atoms with van der Waals surface area (Å²) >= 11 is 0. The van der Waals surface area contributed by atoms with E-state index in [0.717, 1.165) is 57.5 Å². The van der Waals surface area contributed by atoms with E-state index in [1.807, 2.05) is 0 Å². The molecule has 0 N–H and O–H groups in total. The van der Waals surface area contributed by atoms with Gasteiger partial charge in [-0.15, -0.1) is 0 Å². The maximum atomic E-state index is 13.7. The summed E-state index contributed by atoms with van der Waals surface area (Å²) < 4.78 is 19.0. The molecule has 29 heavy (non-hydrogen) atoms. The molecule has 0 unspecified atom stereocenters. The van der Waals surface area contributed by atoms with Gasteiger partial charge in [0.2, 0.25) is 11.8 Å². The fourth-order valence-electron chi connectivity index (χ4n) is 5.13. The molecule has 3 aliphatic rings. The summed E-state index contributed by atoms with van der Waals surface area (Å²) in [5, 5.41) is 0. The number of nitrogens with zero attached hydrogens (tertiary/aromatic N) is 3. The van der Waals surface area contributed by atoms with Crippen LogP contribution in [0.3, 0.4) is 0 Å². The highest BCUT2D eigenvalue weighted by Gasteiger charge is 2.44. The second-order valence-electron chi connectivity index (χ2n) is 8.64. The second kappa shape index (κ2) is 8.30. The van der Waals surface area contributed by atoms with Crippen molar-refractivity contribution in [1.82, 2.24) is 9.80 Å². The van der Waals surface area contributed by atoms with Gasteiger partial charge in [-0.3, -0.25) is 19.4 Å². The number of piperazine rings is 1. The lowest BCUT2D eigenvalue weighted by molar-refractivity contribution is -0.153. The first-order valence-corrected chi connectivity index (χ1v) is 10.6. The van der Waals surface area contributed by atoms with E-state index in [4.69, 9.17) is 4.74 Å². The molecular formula is C22H30FN3O3. The van der Waals surface area contributed by atoms with Gasteiger partial charge in [-0.05, 0) is 30.4 Å². The smallest absolute Gasteiger partial charge is 0.229 e. The molecule has 0 radical (unpaired) electrons. The SMILES string of the molecule is COc1ccc(F)cc1N1CCN(CCN2C(=O)CC3(CCCC3)CC2=O)CC1. The Bertz CT molecular complexity index is 751. The number of imide groups is 1. The number of rotatable bonds is 5. The van der Waals surface area contributed by atoms with Crippen molar-refractivity contribution in [2.45, 2.75) is 38.5 Å². The molecule has 0 bridgehead atoms. The summed E-state index contributed by atoms with van der Waals surface area (Å²) in [4.78, 5) is 31.1. The third-order valence-corrected chi connectivity index (χ3v) is 6.81. The van der Waals surface area contributed by atoms with Crippen molar-refractivity contribution >= 4 is 17.5 Å². The number of methoxy groups -OCH3 is 1. The summed E-state index contributed by atoms with van der Waals surface area (Å²) in [6.07, 6.45) is 5.38. The van der Waals surface area contributed by atoms with Crippen molar-refractivity contribution in [3.05, 3.63) is 24.0 Å². The minimum absolute atomic E-state index is 0.00582. The Morgan fingerprint density at radius 3 is 2.28 bits per heavy atom. The van der Waals surface area contributed by atoms with E-state index in [0.29, 0.717) is 31.7 Å². The molecule has 2 heterocycles. The molecule has 3 fully saturated rings. The van der Waals surface area contributed by atoms with Crippen molar-refractivity contribution in [3.63, 3.8) is 0 Å². The first kappa shape index (κ1) is 20.1. The van der Waals surface area contributed by atoms with Crippen LogP contribution in [-0.4, -0.2) is 68.0 Å². The molecule has 1 spiro atoms. The number of hydrogen-bond acceptors (Lipinski definition) is 5. The quantitative estimate of drug-likeness (QED) is 0.708. The van der Waals surface area contributed by atoms with Gasteiger partial charge in [0, 0.05) is 58.2 Å². The van der Waals surface area contributed by atoms with Gasteiger partial charge >= 0.3 is 0 Å². The zero-order valence-corrected chi connectivity index (χ0v) is 17.2. The van der Waals surface area contributed by atoms with Gasteiger partial charge in [0.1, 0.15) is 11.6 Å². The van der Waals surface area contributed by atoms with Gasteiger partial charge < -0.3 is 9.64 Å². The van der Waals surface area contributed by atoms with Crippen molar-refractivity contribution < 1.29 is 18.7 Å². The Balaban J connectivity index is 1.29. The van der Waals surface area contributed by atoms with Crippen LogP contribution in [0.15, 0.2) is 18.2 Å². The van der Waals surface area contributed by atoms with E-state index in [1.54, 1.807) is 13.2 Å². The molecule has 1 aliphatic carbocycles. The molecule has 7 heteroatoms. The van der Waals surface area contributed by atoms with Crippen LogP contribution in [0.1, 0.15) is 38.5 Å². The zero-order valence-electron chi connectivity index (χ0n) is 17.2. The highest BCUT2D eigenvalue weighted by Crippen LogP contribution is 2.46. The van der Waals surface area contributed by atoms with E-state index in [9.17, 15) is 14.0 Å². The highest BCUT2D eigenvalue weighted by atomic mass is 19.1. The van der Waals surface area contributed by atoms with Crippen molar-refractivity contribution in [2.24, 2.45) is 5.41 Å². The van der Waals surface area contributed by atoms with E-state index < -0.39 is 0 Å². The van der Waals surface area contributed by atoms with Gasteiger partial charge in [0.15, 0.2) is 0 Å². The predicted molar refractivity (Wildman–Crippen MR) is 108 cm³/mol. The normalized spacial score (nSPS) is 22.6. The second-order valence-corrected chi connectivity index (χ2v) is 8.64. The molecule has 6 nitrogen and oxygen atoms in total. The Morgan fingerprint density at radius 2 is 1.66 bits per heavy atom. The van der Waals surface area contributed by atoms with Gasteiger partial charge in [-0.1, -0.05) is 12.8 Å². The molecule has 0 aromatic heterocycles. The summed E-state index contributed by atoms with van der Waals surface area (Å²) in [6.45, 7) is 4.28. The summed E-state index contributed by atoms with van der Waals surface area (Å²) in [7, 11) is 1.59. The Hall–Kier alpha value is -2.15. The number of piperidine rings is 1. The predicted octanol–water partition coefficient (Wildman–Crippen LogP) is 2.67. The van der Waals surface area contributed by atoms with Gasteiger partial charge in [0.25, 0.3) is 0 Å². The van der Waals surface area contributed by atoms with E-state index >= 15 is 0 Å². The van der Waals surface area contributed by atoms with E-state index in [2.05, 4.69) is 9.80 Å². The lowest BCUT2D eigenvalue weighted by Crippen LogP contribution is -2.52. The molecular weight excluding hydrogens is 373 g/mol. The van der Waals surface area contributed by atoms with E-state index in [1.165, 1.54) is 17.0 Å². The fourth-order valence-corrected chi connectivity index (χ4v) is 5.13. The van der Waals surface area contributed by atoms with Crippen LogP contribution in [0.25, 0.3) is 0 Å². The standard InChI is InChI=1S/C22H30FN3O3/c1-29-19-5-4-17(23)14-18(19)25-11-8-24(9-12-25)10-13-26-20(27)15-22(16-21(26)28)6-2-3-7-22/h4-5,14H,2-3,6-13,15-16H2,1H3. The van der Waals surface area contributed by atoms with Crippen LogP contribution in [0, 0.1) is 11.2 Å². The number of ether oxygens (including phenoxy) is 1. The van der Waals surface area contributed by atoms with Gasteiger partial charge in [-0.2, -0.15) is 0 Å². The molecule has 1 saturated carbocycles. The number of likely N-dealkylation sites (tertiary alicyclic amines) is 1. The van der Waals surface area contributed by atoms with Crippen molar-refractivity contribution in [3.8, 4) is 5.75 Å². The largest absolute Gasteiger partial charge is 0.495 e. The molecule has 2 saturated heterocycles. The number of benzene rings is 1. The molecule has 1 aromatic carbocycles. The lowest BCUT2D eigenvalue weighted by atomic mass is 9.76. The number of halogens is 1. The Morgan fingerprint density at radius 1 is 1.00 bits per heavy atom. The number of amides is 2. The number of carbonyl (C=O) groups is 2. The summed E-state index contributed by atoms with van der Waals surface area (Å²) in [6, 6.07) is 4.57. The lowest BCUT2D eigenvalue weighted by Gasteiger charge is -2.39. The molecule has 2 aliphatic heterocycles. The average molecular weight is 403 g/mol. The minimum atomic E-state index is -0.273. The van der Waals surface area contributed by atoms with Crippen LogP contribution in [0.2, 0.25) is 0 Å². The highest BCUT2D eigenvalue weighted by molar-refractivity contribution is 5.98. The van der Waals surface area contributed by atoms with E-state index in [-0.39, 0.29) is 23.0 Å². The minimum Gasteiger partial charge on any atom is -0.495 e. The Labute approximate surface area is 171 Å². The number of anilines is 1. The average Bonchev–Trinajstić information content (AvgIpc) is 3.15. The molecule has 158 valence electrons. The van der Waals surface area contributed by atoms with Gasteiger partial charge in [0.05, 0.1) is 12.8 Å². The monoisotopic (exact) mass is 403 g/mol.